The first kappa shape index (κ1) is 21.3. The zero-order valence-electron chi connectivity index (χ0n) is 15.9. The Morgan fingerprint density at radius 3 is 2.45 bits per heavy atom. The molecule has 6 nitrogen and oxygen atoms in total. The maximum atomic E-state index is 12.0. The van der Waals surface area contributed by atoms with Gasteiger partial charge in [0.2, 0.25) is 0 Å². The lowest BCUT2D eigenvalue weighted by molar-refractivity contribution is -0.135. The Morgan fingerprint density at radius 1 is 1.14 bits per heavy atom. The minimum Gasteiger partial charge on any atom is -0.486 e. The third-order valence-electron chi connectivity index (χ3n) is 4.47. The molecule has 1 fully saturated rings. The van der Waals surface area contributed by atoms with Crippen LogP contribution in [0.15, 0.2) is 30.3 Å². The average molecular weight is 437 g/mol. The van der Waals surface area contributed by atoms with Gasteiger partial charge in [0.15, 0.2) is 5.75 Å². The molecule has 0 radical (unpaired) electrons. The van der Waals surface area contributed by atoms with Gasteiger partial charge < -0.3 is 20.5 Å². The highest BCUT2D eigenvalue weighted by molar-refractivity contribution is 6.37. The van der Waals surface area contributed by atoms with Crippen LogP contribution in [0.4, 0.5) is 5.69 Å². The van der Waals surface area contributed by atoms with E-state index in [1.165, 1.54) is 25.0 Å². The maximum absolute atomic E-state index is 12.0. The van der Waals surface area contributed by atoms with E-state index in [0.29, 0.717) is 0 Å². The molecule has 0 atom stereocenters. The van der Waals surface area contributed by atoms with E-state index in [0.717, 1.165) is 29.3 Å². The second-order valence-electron chi connectivity index (χ2n) is 7.17. The number of nitrogens with one attached hydrogen (secondary N) is 2. The van der Waals surface area contributed by atoms with Crippen LogP contribution in [0.25, 0.3) is 0 Å². The van der Waals surface area contributed by atoms with Gasteiger partial charge in [-0.25, -0.2) is 0 Å². The second kappa shape index (κ2) is 9.37. The molecular formula is C21H22Cl2N2O4. The van der Waals surface area contributed by atoms with Crippen molar-refractivity contribution in [3.63, 3.8) is 0 Å². The summed E-state index contributed by atoms with van der Waals surface area (Å²) in [5, 5.41) is 14.7. The predicted molar refractivity (Wildman–Crippen MR) is 113 cm³/mol. The van der Waals surface area contributed by atoms with Crippen LogP contribution < -0.4 is 15.4 Å². The molecule has 2 aromatic carbocycles. The van der Waals surface area contributed by atoms with Crippen molar-refractivity contribution in [2.75, 3.05) is 18.4 Å². The molecule has 3 N–H and O–H groups in total. The van der Waals surface area contributed by atoms with Gasteiger partial charge in [-0.3, -0.25) is 9.59 Å². The summed E-state index contributed by atoms with van der Waals surface area (Å²) in [6.07, 6.45) is 2.58. The minimum atomic E-state index is -1.14. The highest BCUT2D eigenvalue weighted by Gasteiger charge is 2.20. The number of carbonyl (C=O) groups excluding carboxylic acids is 1. The third kappa shape index (κ3) is 6.27. The summed E-state index contributed by atoms with van der Waals surface area (Å²) >= 11 is 12.5. The molecule has 0 aliphatic heterocycles. The number of hydrogen-bond donors (Lipinski definition) is 3. The number of halogens is 2. The quantitative estimate of drug-likeness (QED) is 0.537. The first-order chi connectivity index (χ1) is 13.8. The van der Waals surface area contributed by atoms with Crippen LogP contribution >= 0.6 is 23.2 Å². The molecule has 29 heavy (non-hydrogen) atoms. The predicted octanol–water partition coefficient (Wildman–Crippen LogP) is 4.52. The van der Waals surface area contributed by atoms with Crippen LogP contribution in [-0.2, 0) is 11.4 Å². The van der Waals surface area contributed by atoms with E-state index in [9.17, 15) is 9.59 Å². The Balaban J connectivity index is 1.67. The monoisotopic (exact) mass is 436 g/mol. The molecule has 154 valence electrons. The number of ether oxygens (including phenoxy) is 1. The van der Waals surface area contributed by atoms with Crippen molar-refractivity contribution < 1.29 is 19.4 Å². The molecular weight excluding hydrogens is 415 g/mol. The summed E-state index contributed by atoms with van der Waals surface area (Å²) in [7, 11) is 0. The fourth-order valence-corrected chi connectivity index (χ4v) is 3.47. The van der Waals surface area contributed by atoms with Crippen LogP contribution in [0.3, 0.4) is 0 Å². The van der Waals surface area contributed by atoms with Crippen molar-refractivity contribution in [1.82, 2.24) is 5.32 Å². The van der Waals surface area contributed by atoms with E-state index in [4.69, 9.17) is 33.0 Å². The van der Waals surface area contributed by atoms with Crippen LogP contribution in [0.1, 0.15) is 34.3 Å². The Kier molecular flexibility index (Phi) is 6.87. The highest BCUT2D eigenvalue weighted by atomic mass is 35.5. The molecule has 0 saturated heterocycles. The van der Waals surface area contributed by atoms with E-state index in [1.807, 2.05) is 19.1 Å². The molecule has 3 rings (SSSR count). The molecule has 1 saturated carbocycles. The zero-order chi connectivity index (χ0) is 21.0. The summed E-state index contributed by atoms with van der Waals surface area (Å²) in [4.78, 5) is 22.6. The lowest BCUT2D eigenvalue weighted by Gasteiger charge is -2.14. The lowest BCUT2D eigenvalue weighted by Crippen LogP contribution is -2.29. The van der Waals surface area contributed by atoms with Crippen LogP contribution in [-0.4, -0.2) is 30.1 Å². The van der Waals surface area contributed by atoms with E-state index in [-0.39, 0.29) is 28.0 Å². The molecule has 1 amide bonds. The van der Waals surface area contributed by atoms with Crippen molar-refractivity contribution in [3.05, 3.63) is 57.1 Å². The van der Waals surface area contributed by atoms with Gasteiger partial charge in [-0.15, -0.1) is 0 Å². The Hall–Kier alpha value is -2.44. The number of carboxylic acids is 1. The molecule has 0 heterocycles. The number of anilines is 1. The van der Waals surface area contributed by atoms with Gasteiger partial charge in [-0.05, 0) is 61.1 Å². The normalized spacial score (nSPS) is 13.1. The van der Waals surface area contributed by atoms with Gasteiger partial charge in [0, 0.05) is 17.8 Å². The molecule has 1 aliphatic carbocycles. The smallest absolute Gasteiger partial charge is 0.322 e. The van der Waals surface area contributed by atoms with Crippen LogP contribution in [0, 0.1) is 12.8 Å². The lowest BCUT2D eigenvalue weighted by atomic mass is 10.1. The zero-order valence-corrected chi connectivity index (χ0v) is 17.4. The van der Waals surface area contributed by atoms with E-state index < -0.39 is 18.4 Å². The number of aryl methyl sites for hydroxylation is 1. The third-order valence-corrected chi connectivity index (χ3v) is 5.03. The molecule has 0 aromatic heterocycles. The van der Waals surface area contributed by atoms with Crippen molar-refractivity contribution in [3.8, 4) is 5.75 Å². The fourth-order valence-electron chi connectivity index (χ4n) is 2.87. The maximum Gasteiger partial charge on any atom is 0.322 e. The molecule has 0 bridgehead atoms. The van der Waals surface area contributed by atoms with Crippen LogP contribution in [0.2, 0.25) is 10.0 Å². The van der Waals surface area contributed by atoms with Crippen molar-refractivity contribution in [1.29, 1.82) is 0 Å². The molecule has 0 spiro atoms. The van der Waals surface area contributed by atoms with Gasteiger partial charge in [0.05, 0.1) is 10.0 Å². The summed E-state index contributed by atoms with van der Waals surface area (Å²) in [5.74, 6) is -0.663. The largest absolute Gasteiger partial charge is 0.486 e. The van der Waals surface area contributed by atoms with Gasteiger partial charge >= 0.3 is 5.97 Å². The fraction of sp³-hybridized carbons (Fsp3) is 0.333. The van der Waals surface area contributed by atoms with Gasteiger partial charge in [-0.1, -0.05) is 29.3 Å². The van der Waals surface area contributed by atoms with Crippen LogP contribution in [0.5, 0.6) is 5.75 Å². The molecule has 2 aromatic rings. The first-order valence-electron chi connectivity index (χ1n) is 9.28. The Morgan fingerprint density at radius 2 is 1.83 bits per heavy atom. The Labute approximate surface area is 179 Å². The summed E-state index contributed by atoms with van der Waals surface area (Å²) in [6.45, 7) is 2.78. The molecule has 0 unspecified atom stereocenters. The number of hydrogen-bond acceptors (Lipinski definition) is 4. The summed E-state index contributed by atoms with van der Waals surface area (Å²) < 4.78 is 5.82. The summed E-state index contributed by atoms with van der Waals surface area (Å²) in [6, 6.07) is 8.96. The number of carboxylic acid groups (broad SMARTS) is 1. The SMILES string of the molecule is Cc1cc(COc2c(Cl)cc(C(=O)NCC(=O)O)cc2Cl)cc(NCC2CC2)c1. The van der Waals surface area contributed by atoms with E-state index >= 15 is 0 Å². The number of amides is 1. The molecule has 8 heteroatoms. The van der Waals surface area contributed by atoms with Gasteiger partial charge in [-0.2, -0.15) is 0 Å². The number of rotatable bonds is 9. The second-order valence-corrected chi connectivity index (χ2v) is 7.98. The highest BCUT2D eigenvalue weighted by Crippen LogP contribution is 2.35. The average Bonchev–Trinajstić information content (AvgIpc) is 3.47. The minimum absolute atomic E-state index is 0.163. The van der Waals surface area contributed by atoms with E-state index in [1.54, 1.807) is 0 Å². The molecule has 1 aliphatic rings. The standard InChI is InChI=1S/C21H22Cl2N2O4/c1-12-4-14(6-16(5-12)24-9-13-2-3-13)11-29-20-17(22)7-15(8-18(20)23)21(28)25-10-19(26)27/h4-8,13,24H,2-3,9-11H2,1H3,(H,25,28)(H,26,27). The Bertz CT molecular complexity index is 906. The van der Waals surface area contributed by atoms with Gasteiger partial charge in [0.25, 0.3) is 5.91 Å². The van der Waals surface area contributed by atoms with Crippen molar-refractivity contribution in [2.45, 2.75) is 26.4 Å². The number of carbonyl (C=O) groups is 2. The summed E-state index contributed by atoms with van der Waals surface area (Å²) in [5.41, 5.74) is 3.31. The number of benzene rings is 2. The first-order valence-corrected chi connectivity index (χ1v) is 10.0. The van der Waals surface area contributed by atoms with Crippen molar-refractivity contribution >= 4 is 40.8 Å². The van der Waals surface area contributed by atoms with Gasteiger partial charge in [0.1, 0.15) is 13.2 Å². The van der Waals surface area contributed by atoms with Crippen molar-refractivity contribution in [2.24, 2.45) is 5.92 Å². The number of aliphatic carboxylic acids is 1. The van der Waals surface area contributed by atoms with E-state index in [2.05, 4.69) is 16.7 Å². The topological polar surface area (TPSA) is 87.7 Å².